The number of hydrogen-bond donors (Lipinski definition) is 2. The fourth-order valence-corrected chi connectivity index (χ4v) is 3.22. The molecular formula is C20H24ClN3O4S. The summed E-state index contributed by atoms with van der Waals surface area (Å²) in [7, 11) is 0. The third kappa shape index (κ3) is 7.14. The second kappa shape index (κ2) is 11.5. The van der Waals surface area contributed by atoms with Gasteiger partial charge in [0.15, 0.2) is 5.11 Å². The standard InChI is InChI=1S/C20H24ClN3O4S/c1-2-3-12-28-18(26)13-16-19(27)22-10-11-24(16)20(29)23-17(25)9-8-14-6-4-5-7-15(14)21/h4-9,16H,2-3,10-13H2,1H3,(H,22,27)(H,23,25,29). The molecule has 1 fully saturated rings. The highest BCUT2D eigenvalue weighted by Gasteiger charge is 2.34. The van der Waals surface area contributed by atoms with E-state index in [-0.39, 0.29) is 17.4 Å². The number of rotatable bonds is 7. The van der Waals surface area contributed by atoms with Gasteiger partial charge in [0.05, 0.1) is 13.0 Å². The van der Waals surface area contributed by atoms with E-state index in [2.05, 4.69) is 10.6 Å². The lowest BCUT2D eigenvalue weighted by molar-refractivity contribution is -0.147. The number of nitrogens with zero attached hydrogens (tertiary/aromatic N) is 1. The number of carbonyl (C=O) groups is 3. The van der Waals surface area contributed by atoms with Gasteiger partial charge in [-0.2, -0.15) is 0 Å². The van der Waals surface area contributed by atoms with Crippen molar-refractivity contribution in [3.8, 4) is 0 Å². The smallest absolute Gasteiger partial charge is 0.308 e. The Hall–Kier alpha value is -2.45. The molecule has 0 bridgehead atoms. The number of piperazine rings is 1. The van der Waals surface area contributed by atoms with E-state index in [9.17, 15) is 14.4 Å². The SMILES string of the molecule is CCCCOC(=O)CC1C(=O)NCCN1C(=S)NC(=O)C=Cc1ccccc1Cl. The fourth-order valence-electron chi connectivity index (χ4n) is 2.70. The Labute approximate surface area is 180 Å². The molecule has 0 aliphatic carbocycles. The van der Waals surface area contributed by atoms with Gasteiger partial charge in [-0.3, -0.25) is 19.7 Å². The van der Waals surface area contributed by atoms with Crippen molar-refractivity contribution in [3.63, 3.8) is 0 Å². The van der Waals surface area contributed by atoms with Crippen molar-refractivity contribution in [2.75, 3.05) is 19.7 Å². The van der Waals surface area contributed by atoms with Crippen LogP contribution in [0.15, 0.2) is 30.3 Å². The molecular weight excluding hydrogens is 414 g/mol. The van der Waals surface area contributed by atoms with Crippen molar-refractivity contribution in [3.05, 3.63) is 40.9 Å². The third-order valence-electron chi connectivity index (χ3n) is 4.26. The summed E-state index contributed by atoms with van der Waals surface area (Å²) in [6.45, 7) is 3.06. The van der Waals surface area contributed by atoms with Gasteiger partial charge in [0.1, 0.15) is 6.04 Å². The largest absolute Gasteiger partial charge is 0.466 e. The summed E-state index contributed by atoms with van der Waals surface area (Å²) in [6.07, 6.45) is 4.41. The summed E-state index contributed by atoms with van der Waals surface area (Å²) < 4.78 is 5.14. The summed E-state index contributed by atoms with van der Waals surface area (Å²) in [6, 6.07) is 6.28. The summed E-state index contributed by atoms with van der Waals surface area (Å²) in [4.78, 5) is 38.0. The normalized spacial score (nSPS) is 16.4. The minimum absolute atomic E-state index is 0.0833. The molecule has 1 aliphatic heterocycles. The number of hydrogen-bond acceptors (Lipinski definition) is 5. The Morgan fingerprint density at radius 3 is 2.90 bits per heavy atom. The Morgan fingerprint density at radius 2 is 2.17 bits per heavy atom. The van der Waals surface area contributed by atoms with Crippen molar-refractivity contribution in [2.24, 2.45) is 0 Å². The molecule has 1 saturated heterocycles. The molecule has 1 aromatic carbocycles. The molecule has 0 aromatic heterocycles. The van der Waals surface area contributed by atoms with Crippen LogP contribution < -0.4 is 10.6 Å². The maximum atomic E-state index is 12.2. The monoisotopic (exact) mass is 437 g/mol. The number of unbranched alkanes of at least 4 members (excludes halogenated alkanes) is 1. The molecule has 2 N–H and O–H groups in total. The van der Waals surface area contributed by atoms with Crippen LogP contribution in [0.2, 0.25) is 5.02 Å². The highest BCUT2D eigenvalue weighted by molar-refractivity contribution is 7.80. The number of benzene rings is 1. The number of thiocarbonyl (C=S) groups is 1. The van der Waals surface area contributed by atoms with Crippen molar-refractivity contribution < 1.29 is 19.1 Å². The van der Waals surface area contributed by atoms with E-state index < -0.39 is 17.9 Å². The third-order valence-corrected chi connectivity index (χ3v) is 4.94. The second-order valence-corrected chi connectivity index (χ2v) is 7.22. The zero-order chi connectivity index (χ0) is 21.2. The molecule has 156 valence electrons. The van der Waals surface area contributed by atoms with Crippen LogP contribution in [0.25, 0.3) is 6.08 Å². The molecule has 1 heterocycles. The lowest BCUT2D eigenvalue weighted by atomic mass is 10.1. The molecule has 0 spiro atoms. The van der Waals surface area contributed by atoms with Gasteiger partial charge in [-0.1, -0.05) is 43.1 Å². The van der Waals surface area contributed by atoms with Crippen LogP contribution in [0.1, 0.15) is 31.7 Å². The Bertz CT molecular complexity index is 800. The zero-order valence-electron chi connectivity index (χ0n) is 16.2. The van der Waals surface area contributed by atoms with E-state index >= 15 is 0 Å². The second-order valence-electron chi connectivity index (χ2n) is 6.43. The van der Waals surface area contributed by atoms with E-state index in [0.29, 0.717) is 30.3 Å². The summed E-state index contributed by atoms with van der Waals surface area (Å²) in [5, 5.41) is 5.88. The van der Waals surface area contributed by atoms with Crippen LogP contribution in [0, 0.1) is 0 Å². The summed E-state index contributed by atoms with van der Waals surface area (Å²) in [5.41, 5.74) is 0.695. The molecule has 1 aliphatic rings. The molecule has 2 amide bonds. The minimum atomic E-state index is -0.821. The first-order chi connectivity index (χ1) is 13.9. The lowest BCUT2D eigenvalue weighted by Crippen LogP contribution is -2.60. The van der Waals surface area contributed by atoms with Crippen molar-refractivity contribution in [1.29, 1.82) is 0 Å². The number of carbonyl (C=O) groups excluding carboxylic acids is 3. The number of esters is 1. The van der Waals surface area contributed by atoms with E-state index in [0.717, 1.165) is 12.8 Å². The molecule has 1 atom stereocenters. The van der Waals surface area contributed by atoms with Gasteiger partial charge in [0, 0.05) is 24.2 Å². The molecule has 1 aromatic rings. The number of ether oxygens (including phenoxy) is 1. The Kier molecular flexibility index (Phi) is 9.08. The lowest BCUT2D eigenvalue weighted by Gasteiger charge is -2.36. The van der Waals surface area contributed by atoms with Gasteiger partial charge in [-0.15, -0.1) is 0 Å². The van der Waals surface area contributed by atoms with Crippen LogP contribution in [0.4, 0.5) is 0 Å². The van der Waals surface area contributed by atoms with Gasteiger partial charge in [0.25, 0.3) is 0 Å². The fraction of sp³-hybridized carbons (Fsp3) is 0.400. The van der Waals surface area contributed by atoms with E-state index in [4.69, 9.17) is 28.6 Å². The highest BCUT2D eigenvalue weighted by Crippen LogP contribution is 2.16. The van der Waals surface area contributed by atoms with E-state index in [1.54, 1.807) is 24.3 Å². The average molecular weight is 438 g/mol. The first-order valence-electron chi connectivity index (χ1n) is 9.40. The average Bonchev–Trinajstić information content (AvgIpc) is 2.69. The molecule has 9 heteroatoms. The first-order valence-corrected chi connectivity index (χ1v) is 10.2. The maximum Gasteiger partial charge on any atom is 0.308 e. The molecule has 0 radical (unpaired) electrons. The molecule has 29 heavy (non-hydrogen) atoms. The van der Waals surface area contributed by atoms with E-state index in [1.807, 2.05) is 13.0 Å². The predicted octanol–water partition coefficient (Wildman–Crippen LogP) is 2.29. The van der Waals surface area contributed by atoms with Crippen molar-refractivity contribution in [2.45, 2.75) is 32.2 Å². The molecule has 2 rings (SSSR count). The zero-order valence-corrected chi connectivity index (χ0v) is 17.7. The van der Waals surface area contributed by atoms with Crippen LogP contribution >= 0.6 is 23.8 Å². The van der Waals surface area contributed by atoms with Crippen LogP contribution in [0.5, 0.6) is 0 Å². The van der Waals surface area contributed by atoms with Crippen molar-refractivity contribution >= 4 is 52.8 Å². The summed E-state index contributed by atoms with van der Waals surface area (Å²) >= 11 is 11.4. The first kappa shape index (κ1) is 22.8. The topological polar surface area (TPSA) is 87.7 Å². The molecule has 1 unspecified atom stereocenters. The van der Waals surface area contributed by atoms with Gasteiger partial charge in [-0.25, -0.2) is 0 Å². The quantitative estimate of drug-likeness (QED) is 0.294. The predicted molar refractivity (Wildman–Crippen MR) is 115 cm³/mol. The Balaban J connectivity index is 1.97. The number of halogens is 1. The van der Waals surface area contributed by atoms with Crippen LogP contribution in [-0.4, -0.2) is 53.5 Å². The molecule has 0 saturated carbocycles. The van der Waals surface area contributed by atoms with Gasteiger partial charge in [0.2, 0.25) is 11.8 Å². The van der Waals surface area contributed by atoms with Gasteiger partial charge < -0.3 is 15.0 Å². The molecule has 7 nitrogen and oxygen atoms in total. The van der Waals surface area contributed by atoms with Crippen molar-refractivity contribution in [1.82, 2.24) is 15.5 Å². The highest BCUT2D eigenvalue weighted by atomic mass is 35.5. The number of amides is 2. The van der Waals surface area contributed by atoms with Gasteiger partial charge in [-0.05, 0) is 36.3 Å². The Morgan fingerprint density at radius 1 is 1.41 bits per heavy atom. The summed E-state index contributed by atoms with van der Waals surface area (Å²) in [5.74, 6) is -1.25. The van der Waals surface area contributed by atoms with Gasteiger partial charge >= 0.3 is 5.97 Å². The van der Waals surface area contributed by atoms with Crippen LogP contribution in [-0.2, 0) is 19.1 Å². The maximum absolute atomic E-state index is 12.2. The minimum Gasteiger partial charge on any atom is -0.466 e. The van der Waals surface area contributed by atoms with E-state index in [1.165, 1.54) is 11.0 Å². The number of nitrogens with one attached hydrogen (secondary N) is 2. The van der Waals surface area contributed by atoms with Crippen LogP contribution in [0.3, 0.4) is 0 Å².